The van der Waals surface area contributed by atoms with E-state index in [2.05, 4.69) is 4.98 Å². The van der Waals surface area contributed by atoms with Gasteiger partial charge in [0.2, 0.25) is 10.0 Å². The lowest BCUT2D eigenvalue weighted by atomic mass is 10.2. The van der Waals surface area contributed by atoms with Crippen LogP contribution < -0.4 is 5.73 Å². The van der Waals surface area contributed by atoms with Crippen LogP contribution in [0.2, 0.25) is 0 Å². The number of fused-ring (bicyclic) bond motifs is 1. The number of likely N-dealkylation sites (N-methyl/N-ethyl adjacent to an activating group) is 1. The minimum Gasteiger partial charge on any atom is -0.383 e. The zero-order valence-corrected chi connectivity index (χ0v) is 13.3. The Balaban J connectivity index is 2.65. The minimum atomic E-state index is -3.86. The first-order valence-electron chi connectivity index (χ1n) is 6.83. The van der Waals surface area contributed by atoms with E-state index in [1.807, 2.05) is 0 Å². The second-order valence-corrected chi connectivity index (χ2v) is 6.60. The summed E-state index contributed by atoms with van der Waals surface area (Å²) < 4.78 is 32.0. The van der Waals surface area contributed by atoms with Crippen molar-refractivity contribution in [1.29, 1.82) is 0 Å². The van der Waals surface area contributed by atoms with Crippen molar-refractivity contribution < 1.29 is 17.9 Å². The quantitative estimate of drug-likeness (QED) is 0.789. The van der Waals surface area contributed by atoms with E-state index >= 15 is 0 Å². The van der Waals surface area contributed by atoms with E-state index in [9.17, 15) is 13.2 Å². The molecule has 120 valence electrons. The van der Waals surface area contributed by atoms with Gasteiger partial charge in [-0.2, -0.15) is 4.31 Å². The molecule has 1 aromatic heterocycles. The van der Waals surface area contributed by atoms with Gasteiger partial charge >= 0.3 is 0 Å². The van der Waals surface area contributed by atoms with Crippen molar-refractivity contribution in [2.24, 2.45) is 5.73 Å². The summed E-state index contributed by atoms with van der Waals surface area (Å²) in [7, 11) is -2.36. The number of sulfonamides is 1. The SMILES string of the molecule is CCN(CCOC)S(=O)(=O)c1c(C(N)=O)[nH]c2ccccc12. The lowest BCUT2D eigenvalue weighted by Crippen LogP contribution is -2.34. The number of nitrogens with zero attached hydrogens (tertiary/aromatic N) is 1. The molecule has 1 heterocycles. The van der Waals surface area contributed by atoms with Crippen molar-refractivity contribution in [3.63, 3.8) is 0 Å². The standard InChI is InChI=1S/C14H19N3O4S/c1-3-17(8-9-21-2)22(19,20)13-10-6-4-5-7-11(10)16-12(13)14(15)18/h4-7,16H,3,8-9H2,1-2H3,(H2,15,18). The third-order valence-electron chi connectivity index (χ3n) is 3.40. The van der Waals surface area contributed by atoms with Gasteiger partial charge in [0, 0.05) is 31.1 Å². The summed E-state index contributed by atoms with van der Waals surface area (Å²) >= 11 is 0. The highest BCUT2D eigenvalue weighted by Crippen LogP contribution is 2.29. The fourth-order valence-corrected chi connectivity index (χ4v) is 4.11. The van der Waals surface area contributed by atoms with Gasteiger partial charge in [-0.25, -0.2) is 8.42 Å². The molecular formula is C14H19N3O4S. The van der Waals surface area contributed by atoms with Crippen LogP contribution in [-0.4, -0.2) is 50.4 Å². The number of amides is 1. The lowest BCUT2D eigenvalue weighted by molar-refractivity contribution is 0.0993. The Bertz CT molecular complexity index is 782. The molecule has 2 aromatic rings. The van der Waals surface area contributed by atoms with Crippen LogP contribution in [0, 0.1) is 0 Å². The van der Waals surface area contributed by atoms with Crippen LogP contribution in [-0.2, 0) is 14.8 Å². The number of para-hydroxylation sites is 1. The Kier molecular flexibility index (Phi) is 4.84. The van der Waals surface area contributed by atoms with E-state index in [1.54, 1.807) is 31.2 Å². The number of aromatic amines is 1. The molecular weight excluding hydrogens is 306 g/mol. The summed E-state index contributed by atoms with van der Waals surface area (Å²) in [5.41, 5.74) is 5.79. The number of benzene rings is 1. The molecule has 0 spiro atoms. The lowest BCUT2D eigenvalue weighted by Gasteiger charge is -2.20. The molecule has 2 rings (SSSR count). The monoisotopic (exact) mass is 325 g/mol. The largest absolute Gasteiger partial charge is 0.383 e. The van der Waals surface area contributed by atoms with Crippen LogP contribution >= 0.6 is 0 Å². The first-order chi connectivity index (χ1) is 10.4. The van der Waals surface area contributed by atoms with E-state index in [0.717, 1.165) is 0 Å². The number of nitrogens with one attached hydrogen (secondary N) is 1. The van der Waals surface area contributed by atoms with E-state index in [0.29, 0.717) is 10.9 Å². The average molecular weight is 325 g/mol. The van der Waals surface area contributed by atoms with Crippen molar-refractivity contribution in [1.82, 2.24) is 9.29 Å². The van der Waals surface area contributed by atoms with E-state index in [1.165, 1.54) is 11.4 Å². The Morgan fingerprint density at radius 2 is 2.05 bits per heavy atom. The van der Waals surface area contributed by atoms with E-state index in [4.69, 9.17) is 10.5 Å². The molecule has 1 amide bonds. The second kappa shape index (κ2) is 6.47. The molecule has 0 fully saturated rings. The number of hydrogen-bond donors (Lipinski definition) is 2. The van der Waals surface area contributed by atoms with Crippen molar-refractivity contribution in [3.8, 4) is 0 Å². The van der Waals surface area contributed by atoms with Crippen LogP contribution in [0.15, 0.2) is 29.2 Å². The number of ether oxygens (including phenoxy) is 1. The highest BCUT2D eigenvalue weighted by molar-refractivity contribution is 7.89. The molecule has 7 nitrogen and oxygen atoms in total. The van der Waals surface area contributed by atoms with Crippen LogP contribution in [0.4, 0.5) is 0 Å². The van der Waals surface area contributed by atoms with Crippen molar-refractivity contribution in [2.75, 3.05) is 26.8 Å². The maximum atomic E-state index is 12.9. The Morgan fingerprint density at radius 1 is 1.36 bits per heavy atom. The summed E-state index contributed by atoms with van der Waals surface area (Å²) in [6, 6.07) is 6.81. The molecule has 0 saturated carbocycles. The molecule has 1 aromatic carbocycles. The first-order valence-corrected chi connectivity index (χ1v) is 8.27. The number of nitrogens with two attached hydrogens (primary N) is 1. The van der Waals surface area contributed by atoms with Gasteiger partial charge in [-0.3, -0.25) is 4.79 Å². The third kappa shape index (κ3) is 2.85. The summed E-state index contributed by atoms with van der Waals surface area (Å²) in [4.78, 5) is 14.4. The molecule has 8 heteroatoms. The summed E-state index contributed by atoms with van der Waals surface area (Å²) in [5, 5.41) is 0.451. The maximum Gasteiger partial charge on any atom is 0.266 e. The fourth-order valence-electron chi connectivity index (χ4n) is 2.33. The number of methoxy groups -OCH3 is 1. The Labute approximate surface area is 129 Å². The highest BCUT2D eigenvalue weighted by atomic mass is 32.2. The zero-order chi connectivity index (χ0) is 16.3. The van der Waals surface area contributed by atoms with Gasteiger partial charge in [0.05, 0.1) is 6.61 Å². The second-order valence-electron chi connectivity index (χ2n) is 4.73. The maximum absolute atomic E-state index is 12.9. The van der Waals surface area contributed by atoms with E-state index in [-0.39, 0.29) is 30.3 Å². The molecule has 0 aliphatic heterocycles. The number of rotatable bonds is 7. The molecule has 0 aliphatic rings. The van der Waals surface area contributed by atoms with Crippen molar-refractivity contribution in [3.05, 3.63) is 30.0 Å². The summed E-state index contributed by atoms with van der Waals surface area (Å²) in [5.74, 6) is -0.808. The molecule has 3 N–H and O–H groups in total. The van der Waals surface area contributed by atoms with E-state index < -0.39 is 15.9 Å². The number of carbonyl (C=O) groups excluding carboxylic acids is 1. The van der Waals surface area contributed by atoms with Crippen LogP contribution in [0.5, 0.6) is 0 Å². The van der Waals surface area contributed by atoms with Crippen molar-refractivity contribution >= 4 is 26.8 Å². The number of carbonyl (C=O) groups is 1. The Hall–Kier alpha value is -1.90. The molecule has 0 bridgehead atoms. The highest BCUT2D eigenvalue weighted by Gasteiger charge is 2.31. The molecule has 0 saturated heterocycles. The van der Waals surface area contributed by atoms with Gasteiger partial charge in [-0.1, -0.05) is 25.1 Å². The Morgan fingerprint density at radius 3 is 2.64 bits per heavy atom. The van der Waals surface area contributed by atoms with Crippen LogP contribution in [0.3, 0.4) is 0 Å². The predicted octanol–water partition coefficient (Wildman–Crippen LogP) is 0.924. The van der Waals surface area contributed by atoms with Gasteiger partial charge in [0.1, 0.15) is 10.6 Å². The number of hydrogen-bond acceptors (Lipinski definition) is 4. The number of H-pyrrole nitrogens is 1. The molecule has 0 aliphatic carbocycles. The van der Waals surface area contributed by atoms with Crippen molar-refractivity contribution in [2.45, 2.75) is 11.8 Å². The predicted molar refractivity (Wildman–Crippen MR) is 83.1 cm³/mol. The molecule has 22 heavy (non-hydrogen) atoms. The zero-order valence-electron chi connectivity index (χ0n) is 12.5. The third-order valence-corrected chi connectivity index (χ3v) is 5.46. The van der Waals surface area contributed by atoms with Gasteiger partial charge in [-0.05, 0) is 6.07 Å². The fraction of sp³-hybridized carbons (Fsp3) is 0.357. The smallest absolute Gasteiger partial charge is 0.266 e. The van der Waals surface area contributed by atoms with Gasteiger partial charge in [-0.15, -0.1) is 0 Å². The molecule has 0 atom stereocenters. The average Bonchev–Trinajstić information content (AvgIpc) is 2.88. The van der Waals surface area contributed by atoms with Crippen LogP contribution in [0.25, 0.3) is 10.9 Å². The first kappa shape index (κ1) is 16.5. The molecule has 0 unspecified atom stereocenters. The number of primary amides is 1. The molecule has 0 radical (unpaired) electrons. The van der Waals surface area contributed by atoms with Gasteiger partial charge in [0.25, 0.3) is 5.91 Å². The topological polar surface area (TPSA) is 105 Å². The van der Waals surface area contributed by atoms with Gasteiger partial charge in [0.15, 0.2) is 0 Å². The normalized spacial score (nSPS) is 12.1. The summed E-state index contributed by atoms with van der Waals surface area (Å²) in [6.07, 6.45) is 0. The minimum absolute atomic E-state index is 0.0754. The van der Waals surface area contributed by atoms with Gasteiger partial charge < -0.3 is 15.5 Å². The van der Waals surface area contributed by atoms with Crippen LogP contribution in [0.1, 0.15) is 17.4 Å². The number of aromatic nitrogens is 1. The summed E-state index contributed by atoms with van der Waals surface area (Å²) in [6.45, 7) is 2.46.